The average Bonchev–Trinajstić information content (AvgIpc) is 2.46. The Bertz CT molecular complexity index is 492. The molecule has 0 aliphatic carbocycles. The Labute approximate surface area is 132 Å². The fourth-order valence-electron chi connectivity index (χ4n) is 1.15. The van der Waals surface area contributed by atoms with Crippen molar-refractivity contribution in [3.05, 3.63) is 24.3 Å². The minimum absolute atomic E-state index is 0.0103. The number of carboxylic acid groups (broad SMARTS) is 2. The predicted molar refractivity (Wildman–Crippen MR) is 75.5 cm³/mol. The van der Waals surface area contributed by atoms with E-state index in [1.54, 1.807) is 13.8 Å². The summed E-state index contributed by atoms with van der Waals surface area (Å²) in [5, 5.41) is 16.7. The summed E-state index contributed by atoms with van der Waals surface area (Å²) in [5.74, 6) is -4.17. The van der Waals surface area contributed by atoms with Gasteiger partial charge in [-0.2, -0.15) is 0 Å². The van der Waals surface area contributed by atoms with E-state index < -0.39 is 36.1 Å². The van der Waals surface area contributed by atoms with Crippen LogP contribution in [0.3, 0.4) is 0 Å². The molecule has 2 unspecified atom stereocenters. The van der Waals surface area contributed by atoms with E-state index in [1.807, 2.05) is 0 Å². The lowest BCUT2D eigenvalue weighted by Gasteiger charge is -2.16. The molecule has 0 aromatic carbocycles. The first-order valence-corrected chi connectivity index (χ1v) is 6.51. The van der Waals surface area contributed by atoms with Gasteiger partial charge in [-0.15, -0.1) is 0 Å². The summed E-state index contributed by atoms with van der Waals surface area (Å²) in [5.41, 5.74) is 0. The molecule has 0 aliphatic heterocycles. The summed E-state index contributed by atoms with van der Waals surface area (Å²) in [6.45, 7) is 3.05. The van der Waals surface area contributed by atoms with Crippen LogP contribution in [-0.4, -0.2) is 59.5 Å². The van der Waals surface area contributed by atoms with Crippen molar-refractivity contribution in [2.75, 3.05) is 13.2 Å². The minimum atomic E-state index is -1.27. The summed E-state index contributed by atoms with van der Waals surface area (Å²) in [7, 11) is 0. The molecule has 128 valence electrons. The van der Waals surface area contributed by atoms with E-state index in [1.165, 1.54) is 0 Å². The van der Waals surface area contributed by atoms with Crippen LogP contribution in [0.5, 0.6) is 0 Å². The van der Waals surface area contributed by atoms with E-state index >= 15 is 0 Å². The van der Waals surface area contributed by atoms with Crippen molar-refractivity contribution < 1.29 is 43.6 Å². The number of carbonyl (C=O) groups excluding carboxylic acids is 2. The second-order valence-electron chi connectivity index (χ2n) is 4.36. The van der Waals surface area contributed by atoms with Crippen LogP contribution >= 0.6 is 0 Å². The highest BCUT2D eigenvalue weighted by Crippen LogP contribution is 1.99. The Morgan fingerprint density at radius 2 is 1.35 bits per heavy atom. The Balaban J connectivity index is 3.98. The zero-order valence-electron chi connectivity index (χ0n) is 12.6. The molecule has 2 atom stereocenters. The van der Waals surface area contributed by atoms with E-state index in [0.717, 1.165) is 12.2 Å². The summed E-state index contributed by atoms with van der Waals surface area (Å²) >= 11 is 0. The highest BCUT2D eigenvalue weighted by molar-refractivity contribution is 5.91. The molecular weight excluding hydrogens is 312 g/mol. The first kappa shape index (κ1) is 20.3. The maximum absolute atomic E-state index is 11.2. The molecule has 23 heavy (non-hydrogen) atoms. The number of hydrogen-bond acceptors (Lipinski definition) is 7. The molecular formula is C14H18O9. The van der Waals surface area contributed by atoms with E-state index in [4.69, 9.17) is 24.4 Å². The first-order chi connectivity index (χ1) is 10.7. The fraction of sp³-hybridized carbons (Fsp3) is 0.429. The first-order valence-electron chi connectivity index (χ1n) is 6.51. The maximum atomic E-state index is 11.2. The van der Waals surface area contributed by atoms with Crippen molar-refractivity contribution in [2.24, 2.45) is 0 Å². The van der Waals surface area contributed by atoms with Crippen LogP contribution < -0.4 is 0 Å². The molecule has 0 fully saturated rings. The van der Waals surface area contributed by atoms with Gasteiger partial charge in [-0.3, -0.25) is 0 Å². The molecule has 0 aromatic rings. The lowest BCUT2D eigenvalue weighted by atomic mass is 10.4. The van der Waals surface area contributed by atoms with Crippen LogP contribution in [0.25, 0.3) is 0 Å². The van der Waals surface area contributed by atoms with Crippen molar-refractivity contribution in [3.63, 3.8) is 0 Å². The van der Waals surface area contributed by atoms with Gasteiger partial charge in [0, 0.05) is 24.3 Å². The monoisotopic (exact) mass is 330 g/mol. The van der Waals surface area contributed by atoms with Gasteiger partial charge in [0.2, 0.25) is 0 Å². The lowest BCUT2D eigenvalue weighted by Crippen LogP contribution is -2.25. The van der Waals surface area contributed by atoms with Gasteiger partial charge in [-0.1, -0.05) is 0 Å². The Kier molecular flexibility index (Phi) is 9.69. The third-order valence-electron chi connectivity index (χ3n) is 2.12. The van der Waals surface area contributed by atoms with Crippen molar-refractivity contribution in [3.8, 4) is 0 Å². The molecule has 0 aromatic heterocycles. The molecule has 0 saturated heterocycles. The average molecular weight is 330 g/mol. The van der Waals surface area contributed by atoms with Gasteiger partial charge >= 0.3 is 23.9 Å². The number of esters is 2. The molecule has 0 amide bonds. The molecule has 0 bridgehead atoms. The summed E-state index contributed by atoms with van der Waals surface area (Å²) < 4.78 is 14.8. The minimum Gasteiger partial charge on any atom is -0.478 e. The molecule has 0 rings (SSSR count). The van der Waals surface area contributed by atoms with E-state index in [0.29, 0.717) is 12.2 Å². The summed E-state index contributed by atoms with van der Waals surface area (Å²) in [6, 6.07) is 0. The molecule has 9 heteroatoms. The van der Waals surface area contributed by atoms with E-state index in [9.17, 15) is 19.2 Å². The lowest BCUT2D eigenvalue weighted by molar-refractivity contribution is -0.149. The van der Waals surface area contributed by atoms with Gasteiger partial charge in [0.25, 0.3) is 0 Å². The third kappa shape index (κ3) is 12.8. The molecule has 0 heterocycles. The van der Waals surface area contributed by atoms with Gasteiger partial charge in [0.1, 0.15) is 12.7 Å². The van der Waals surface area contributed by atoms with Gasteiger partial charge in [0.15, 0.2) is 0 Å². The molecule has 0 saturated carbocycles. The molecule has 0 aliphatic rings. The number of carbonyl (C=O) groups is 4. The highest BCUT2D eigenvalue weighted by atomic mass is 16.6. The van der Waals surface area contributed by atoms with Crippen molar-refractivity contribution in [2.45, 2.75) is 26.1 Å². The van der Waals surface area contributed by atoms with Gasteiger partial charge in [-0.25, -0.2) is 19.2 Å². The smallest absolute Gasteiger partial charge is 0.331 e. The number of rotatable bonds is 10. The van der Waals surface area contributed by atoms with Crippen molar-refractivity contribution >= 4 is 23.9 Å². The van der Waals surface area contributed by atoms with Crippen LogP contribution in [0.15, 0.2) is 24.3 Å². The highest BCUT2D eigenvalue weighted by Gasteiger charge is 2.11. The summed E-state index contributed by atoms with van der Waals surface area (Å²) in [6.07, 6.45) is 1.72. The van der Waals surface area contributed by atoms with Gasteiger partial charge in [0.05, 0.1) is 12.7 Å². The number of carboxylic acids is 2. The second-order valence-corrected chi connectivity index (χ2v) is 4.36. The molecule has 0 spiro atoms. The molecule has 2 N–H and O–H groups in total. The Hall–Kier alpha value is -2.68. The standard InChI is InChI=1S/C14H18O9/c1-9(7-22-13(19)5-3-11(15)16)21-8-10(2)23-14(20)6-4-12(17)18/h3-6,9-10H,7-8H2,1-2H3,(H,15,16)(H,17,18). The Morgan fingerprint density at radius 1 is 0.826 bits per heavy atom. The third-order valence-corrected chi connectivity index (χ3v) is 2.12. The maximum Gasteiger partial charge on any atom is 0.331 e. The zero-order valence-corrected chi connectivity index (χ0v) is 12.6. The zero-order chi connectivity index (χ0) is 17.8. The number of aliphatic carboxylic acids is 2. The summed E-state index contributed by atoms with van der Waals surface area (Å²) in [4.78, 5) is 42.7. The second kappa shape index (κ2) is 11.0. The van der Waals surface area contributed by atoms with Crippen molar-refractivity contribution in [1.29, 1.82) is 0 Å². The van der Waals surface area contributed by atoms with Crippen LogP contribution in [0.2, 0.25) is 0 Å². The van der Waals surface area contributed by atoms with Crippen LogP contribution in [0.1, 0.15) is 13.8 Å². The number of hydrogen-bond donors (Lipinski definition) is 2. The quantitative estimate of drug-likeness (QED) is 0.423. The predicted octanol–water partition coefficient (Wildman–Crippen LogP) is 0.148. The van der Waals surface area contributed by atoms with Gasteiger partial charge in [-0.05, 0) is 13.8 Å². The molecule has 0 radical (unpaired) electrons. The fourth-order valence-corrected chi connectivity index (χ4v) is 1.15. The Morgan fingerprint density at radius 3 is 1.87 bits per heavy atom. The van der Waals surface area contributed by atoms with E-state index in [2.05, 4.69) is 0 Å². The SMILES string of the molecule is CC(COC(=O)C=CC(=O)O)OCC(C)OC(=O)C=CC(=O)O. The molecule has 9 nitrogen and oxygen atoms in total. The van der Waals surface area contributed by atoms with Crippen molar-refractivity contribution in [1.82, 2.24) is 0 Å². The van der Waals surface area contributed by atoms with E-state index in [-0.39, 0.29) is 13.2 Å². The van der Waals surface area contributed by atoms with Crippen LogP contribution in [0.4, 0.5) is 0 Å². The van der Waals surface area contributed by atoms with Gasteiger partial charge < -0.3 is 24.4 Å². The number of ether oxygens (including phenoxy) is 3. The van der Waals surface area contributed by atoms with Crippen LogP contribution in [-0.2, 0) is 33.4 Å². The van der Waals surface area contributed by atoms with Crippen LogP contribution in [0, 0.1) is 0 Å². The normalized spacial score (nSPS) is 13.7. The largest absolute Gasteiger partial charge is 0.478 e. The topological polar surface area (TPSA) is 136 Å².